The maximum absolute atomic E-state index is 5.71. The van der Waals surface area contributed by atoms with Gasteiger partial charge in [-0.05, 0) is 63.9 Å². The van der Waals surface area contributed by atoms with E-state index in [1.807, 2.05) is 18.3 Å². The van der Waals surface area contributed by atoms with Crippen LogP contribution in [0.5, 0.6) is 5.75 Å². The smallest absolute Gasteiger partial charge is 0.168 e. The second-order valence-electron chi connectivity index (χ2n) is 5.66. The van der Waals surface area contributed by atoms with E-state index in [4.69, 9.17) is 4.74 Å². The number of nitrogens with zero attached hydrogens (tertiary/aromatic N) is 2. The molecule has 1 aliphatic heterocycles. The van der Waals surface area contributed by atoms with Gasteiger partial charge in [-0.15, -0.1) is 0 Å². The molecule has 1 aromatic heterocycles. The topological polar surface area (TPSA) is 37.4 Å². The number of piperidine rings is 1. The van der Waals surface area contributed by atoms with Gasteiger partial charge in [0.25, 0.3) is 0 Å². The largest absolute Gasteiger partial charge is 0.490 e. The number of nitrogens with one attached hydrogen (secondary N) is 1. The summed E-state index contributed by atoms with van der Waals surface area (Å²) in [6.45, 7) is 6.31. The highest BCUT2D eigenvalue weighted by molar-refractivity contribution is 5.49. The zero-order valence-corrected chi connectivity index (χ0v) is 12.8. The lowest BCUT2D eigenvalue weighted by Gasteiger charge is -2.29. The Morgan fingerprint density at radius 3 is 2.95 bits per heavy atom. The Kier molecular flexibility index (Phi) is 6.12. The molecule has 0 unspecified atom stereocenters. The van der Waals surface area contributed by atoms with E-state index in [1.165, 1.54) is 32.4 Å². The van der Waals surface area contributed by atoms with Crippen LogP contribution >= 0.6 is 0 Å². The van der Waals surface area contributed by atoms with Gasteiger partial charge in [-0.1, -0.05) is 6.92 Å². The lowest BCUT2D eigenvalue weighted by atomic mass is 9.94. The fourth-order valence-electron chi connectivity index (χ4n) is 2.60. The normalized spacial score (nSPS) is 17.1. The van der Waals surface area contributed by atoms with E-state index in [-0.39, 0.29) is 0 Å². The average molecular weight is 277 g/mol. The number of hydrogen-bond acceptors (Lipinski definition) is 4. The molecule has 112 valence electrons. The molecule has 4 heteroatoms. The van der Waals surface area contributed by atoms with E-state index in [9.17, 15) is 0 Å². The first-order valence-electron chi connectivity index (χ1n) is 7.80. The molecule has 4 nitrogen and oxygen atoms in total. The van der Waals surface area contributed by atoms with Gasteiger partial charge in [0.15, 0.2) is 11.6 Å². The van der Waals surface area contributed by atoms with Crippen LogP contribution in [-0.2, 0) is 0 Å². The summed E-state index contributed by atoms with van der Waals surface area (Å²) in [5.41, 5.74) is 0. The van der Waals surface area contributed by atoms with E-state index in [1.54, 1.807) is 0 Å². The van der Waals surface area contributed by atoms with Crippen LogP contribution in [0.25, 0.3) is 0 Å². The SMILES string of the molecule is CCCOc1cccnc1NCCC1CCN(C)CC1. The van der Waals surface area contributed by atoms with Gasteiger partial charge in [0.05, 0.1) is 6.61 Å². The van der Waals surface area contributed by atoms with Gasteiger partial charge in [0, 0.05) is 12.7 Å². The highest BCUT2D eigenvalue weighted by Gasteiger charge is 2.16. The molecule has 0 saturated carbocycles. The highest BCUT2D eigenvalue weighted by Crippen LogP contribution is 2.23. The first-order valence-corrected chi connectivity index (χ1v) is 7.80. The van der Waals surface area contributed by atoms with E-state index < -0.39 is 0 Å². The third kappa shape index (κ3) is 4.67. The molecule has 1 aliphatic rings. The van der Waals surface area contributed by atoms with E-state index in [2.05, 4.69) is 29.2 Å². The zero-order chi connectivity index (χ0) is 14.2. The molecule has 20 heavy (non-hydrogen) atoms. The Morgan fingerprint density at radius 2 is 2.20 bits per heavy atom. The van der Waals surface area contributed by atoms with Crippen LogP contribution in [0.1, 0.15) is 32.6 Å². The van der Waals surface area contributed by atoms with Crippen molar-refractivity contribution in [3.05, 3.63) is 18.3 Å². The minimum atomic E-state index is 0.745. The maximum atomic E-state index is 5.71. The summed E-state index contributed by atoms with van der Waals surface area (Å²) in [4.78, 5) is 6.80. The van der Waals surface area contributed by atoms with Crippen LogP contribution in [0.4, 0.5) is 5.82 Å². The van der Waals surface area contributed by atoms with Gasteiger partial charge in [0.2, 0.25) is 0 Å². The molecule has 1 saturated heterocycles. The van der Waals surface area contributed by atoms with Gasteiger partial charge in [-0.25, -0.2) is 4.98 Å². The van der Waals surface area contributed by atoms with Crippen molar-refractivity contribution in [1.82, 2.24) is 9.88 Å². The van der Waals surface area contributed by atoms with Crippen molar-refractivity contribution in [2.75, 3.05) is 38.6 Å². The summed E-state index contributed by atoms with van der Waals surface area (Å²) in [5, 5.41) is 3.43. The Balaban J connectivity index is 1.76. The van der Waals surface area contributed by atoms with Crippen LogP contribution in [0.15, 0.2) is 18.3 Å². The van der Waals surface area contributed by atoms with Crippen LogP contribution in [-0.4, -0.2) is 43.2 Å². The molecule has 2 rings (SSSR count). The summed E-state index contributed by atoms with van der Waals surface area (Å²) in [6, 6.07) is 3.91. The Bertz CT molecular complexity index is 389. The number of likely N-dealkylation sites (tertiary alicyclic amines) is 1. The predicted molar refractivity (Wildman–Crippen MR) is 83.4 cm³/mol. The second-order valence-corrected chi connectivity index (χ2v) is 5.66. The zero-order valence-electron chi connectivity index (χ0n) is 12.8. The number of pyridine rings is 1. The van der Waals surface area contributed by atoms with Crippen molar-refractivity contribution >= 4 is 5.82 Å². The molecule has 0 atom stereocenters. The van der Waals surface area contributed by atoms with Crippen molar-refractivity contribution in [1.29, 1.82) is 0 Å². The van der Waals surface area contributed by atoms with E-state index >= 15 is 0 Å². The number of rotatable bonds is 7. The predicted octanol–water partition coefficient (Wildman–Crippen LogP) is 3.01. The Labute approximate surface area is 122 Å². The molecule has 2 heterocycles. The van der Waals surface area contributed by atoms with Crippen molar-refractivity contribution in [2.24, 2.45) is 5.92 Å². The number of aromatic nitrogens is 1. The minimum absolute atomic E-state index is 0.745. The number of hydrogen-bond donors (Lipinski definition) is 1. The van der Waals surface area contributed by atoms with Crippen LogP contribution in [0, 0.1) is 5.92 Å². The van der Waals surface area contributed by atoms with Gasteiger partial charge in [-0.3, -0.25) is 0 Å². The first-order chi connectivity index (χ1) is 9.79. The van der Waals surface area contributed by atoms with Crippen molar-refractivity contribution in [3.8, 4) is 5.75 Å². The van der Waals surface area contributed by atoms with Crippen molar-refractivity contribution in [3.63, 3.8) is 0 Å². The minimum Gasteiger partial charge on any atom is -0.490 e. The summed E-state index contributed by atoms with van der Waals surface area (Å²) in [6.07, 6.45) is 6.69. The lowest BCUT2D eigenvalue weighted by molar-refractivity contribution is 0.215. The van der Waals surface area contributed by atoms with Gasteiger partial charge in [0.1, 0.15) is 0 Å². The fraction of sp³-hybridized carbons (Fsp3) is 0.688. The van der Waals surface area contributed by atoms with Gasteiger partial charge in [-0.2, -0.15) is 0 Å². The van der Waals surface area contributed by atoms with Crippen LogP contribution in [0.2, 0.25) is 0 Å². The molecule has 0 aromatic carbocycles. The number of ether oxygens (including phenoxy) is 1. The summed E-state index contributed by atoms with van der Waals surface area (Å²) in [5.74, 6) is 2.61. The molecule has 0 aliphatic carbocycles. The Hall–Kier alpha value is -1.29. The van der Waals surface area contributed by atoms with Crippen LogP contribution < -0.4 is 10.1 Å². The quantitative estimate of drug-likeness (QED) is 0.831. The molecule has 1 N–H and O–H groups in total. The van der Waals surface area contributed by atoms with Gasteiger partial charge < -0.3 is 15.0 Å². The Morgan fingerprint density at radius 1 is 1.40 bits per heavy atom. The van der Waals surface area contributed by atoms with Crippen molar-refractivity contribution in [2.45, 2.75) is 32.6 Å². The van der Waals surface area contributed by atoms with Crippen molar-refractivity contribution < 1.29 is 4.74 Å². The molecular formula is C16H27N3O. The molecule has 0 radical (unpaired) electrons. The average Bonchev–Trinajstić information content (AvgIpc) is 2.48. The molecule has 0 spiro atoms. The molecule has 1 aromatic rings. The highest BCUT2D eigenvalue weighted by atomic mass is 16.5. The van der Waals surface area contributed by atoms with Crippen LogP contribution in [0.3, 0.4) is 0 Å². The summed E-state index contributed by atoms with van der Waals surface area (Å²) < 4.78 is 5.71. The molecule has 1 fully saturated rings. The molecular weight excluding hydrogens is 250 g/mol. The third-order valence-electron chi connectivity index (χ3n) is 3.92. The fourth-order valence-corrected chi connectivity index (χ4v) is 2.60. The monoisotopic (exact) mass is 277 g/mol. The number of anilines is 1. The second kappa shape index (κ2) is 8.10. The summed E-state index contributed by atoms with van der Waals surface area (Å²) >= 11 is 0. The molecule has 0 bridgehead atoms. The van der Waals surface area contributed by atoms with Gasteiger partial charge >= 0.3 is 0 Å². The standard InChI is InChI=1S/C16H27N3O/c1-3-13-20-15-5-4-9-17-16(15)18-10-6-14-7-11-19(2)12-8-14/h4-5,9,14H,3,6-8,10-13H2,1-2H3,(H,17,18). The van der Waals surface area contributed by atoms with E-state index in [0.717, 1.165) is 37.1 Å². The van der Waals surface area contributed by atoms with E-state index in [0.29, 0.717) is 0 Å². The summed E-state index contributed by atoms with van der Waals surface area (Å²) in [7, 11) is 2.21. The first kappa shape index (κ1) is 15.1. The maximum Gasteiger partial charge on any atom is 0.168 e. The third-order valence-corrected chi connectivity index (χ3v) is 3.92. The molecule has 0 amide bonds. The lowest BCUT2D eigenvalue weighted by Crippen LogP contribution is -2.30.